The van der Waals surface area contributed by atoms with Crippen LogP contribution in [0.25, 0.3) is 0 Å². The molecule has 0 aromatic carbocycles. The number of aromatic nitrogens is 1. The van der Waals surface area contributed by atoms with E-state index in [0.717, 1.165) is 11.3 Å². The lowest BCUT2D eigenvalue weighted by atomic mass is 10.2. The average Bonchev–Trinajstić information content (AvgIpc) is 2.08. The largest absolute Gasteiger partial charge is 0.298 e. The first kappa shape index (κ1) is 9.14. The highest BCUT2D eigenvalue weighted by Crippen LogP contribution is 2.07. The van der Waals surface area contributed by atoms with E-state index in [1.807, 2.05) is 13.8 Å². The van der Waals surface area contributed by atoms with Crippen LogP contribution < -0.4 is 5.56 Å². The molecule has 64 valence electrons. The van der Waals surface area contributed by atoms with Gasteiger partial charge in [0.15, 0.2) is 6.29 Å². The standard InChI is InChI=1S/C8H10NO2P/c1-5-3-7(4-10)8(11)9(12)6(5)2/h3-4H,12H2,1-2H3. The molecule has 1 heterocycles. The molecule has 0 radical (unpaired) electrons. The number of hydrogen-bond acceptors (Lipinski definition) is 2. The normalized spacial score (nSPS) is 9.92. The van der Waals surface area contributed by atoms with Crippen molar-refractivity contribution in [1.82, 2.24) is 4.34 Å². The Morgan fingerprint density at radius 2 is 2.08 bits per heavy atom. The Morgan fingerprint density at radius 1 is 1.50 bits per heavy atom. The maximum Gasteiger partial charge on any atom is 0.264 e. The molecule has 0 N–H and O–H groups in total. The van der Waals surface area contributed by atoms with Gasteiger partial charge < -0.3 is 0 Å². The van der Waals surface area contributed by atoms with Crippen molar-refractivity contribution in [2.24, 2.45) is 0 Å². The van der Waals surface area contributed by atoms with Crippen LogP contribution in [0.5, 0.6) is 0 Å². The number of carbonyl (C=O) groups is 1. The molecule has 0 aliphatic carbocycles. The van der Waals surface area contributed by atoms with Crippen LogP contribution in [0.1, 0.15) is 21.6 Å². The lowest BCUT2D eigenvalue weighted by molar-refractivity contribution is 0.112. The first-order valence-corrected chi connectivity index (χ1v) is 4.03. The quantitative estimate of drug-likeness (QED) is 0.479. The molecular weight excluding hydrogens is 173 g/mol. The molecule has 0 spiro atoms. The summed E-state index contributed by atoms with van der Waals surface area (Å²) in [7, 11) is 2.29. The summed E-state index contributed by atoms with van der Waals surface area (Å²) in [5.41, 5.74) is 1.73. The molecule has 0 amide bonds. The highest BCUT2D eigenvalue weighted by Gasteiger charge is 2.04. The zero-order valence-electron chi connectivity index (χ0n) is 7.00. The van der Waals surface area contributed by atoms with Gasteiger partial charge in [0.05, 0.1) is 5.56 Å². The third kappa shape index (κ3) is 1.32. The number of hydrogen-bond donors (Lipinski definition) is 0. The van der Waals surface area contributed by atoms with E-state index in [4.69, 9.17) is 0 Å². The Morgan fingerprint density at radius 3 is 2.58 bits per heavy atom. The summed E-state index contributed by atoms with van der Waals surface area (Å²) < 4.78 is 1.40. The Kier molecular flexibility index (Phi) is 2.43. The zero-order valence-corrected chi connectivity index (χ0v) is 8.15. The Hall–Kier alpha value is -0.950. The summed E-state index contributed by atoms with van der Waals surface area (Å²) in [6, 6.07) is 1.60. The highest BCUT2D eigenvalue weighted by atomic mass is 31.0. The van der Waals surface area contributed by atoms with Gasteiger partial charge in [0.25, 0.3) is 5.56 Å². The average molecular weight is 183 g/mol. The van der Waals surface area contributed by atoms with Crippen molar-refractivity contribution in [2.75, 3.05) is 0 Å². The molecule has 1 aromatic rings. The van der Waals surface area contributed by atoms with Crippen molar-refractivity contribution in [3.8, 4) is 0 Å². The summed E-state index contributed by atoms with van der Waals surface area (Å²) in [5, 5.41) is 0. The zero-order chi connectivity index (χ0) is 9.30. The molecule has 0 saturated carbocycles. The van der Waals surface area contributed by atoms with E-state index in [-0.39, 0.29) is 11.1 Å². The minimum atomic E-state index is -0.266. The number of nitrogens with zero attached hydrogens (tertiary/aromatic N) is 1. The van der Waals surface area contributed by atoms with Crippen LogP contribution in [0.4, 0.5) is 0 Å². The van der Waals surface area contributed by atoms with Crippen molar-refractivity contribution in [3.05, 3.63) is 33.2 Å². The van der Waals surface area contributed by atoms with E-state index in [1.165, 1.54) is 4.34 Å². The van der Waals surface area contributed by atoms with Gasteiger partial charge in [-0.05, 0) is 34.9 Å². The molecule has 12 heavy (non-hydrogen) atoms. The van der Waals surface area contributed by atoms with Crippen molar-refractivity contribution in [1.29, 1.82) is 0 Å². The van der Waals surface area contributed by atoms with Crippen molar-refractivity contribution >= 4 is 15.7 Å². The molecular formula is C8H10NO2P. The molecule has 1 aromatic heterocycles. The predicted molar refractivity (Wildman–Crippen MR) is 50.7 cm³/mol. The Labute approximate surface area is 72.7 Å². The van der Waals surface area contributed by atoms with Crippen molar-refractivity contribution in [3.63, 3.8) is 0 Å². The lowest BCUT2D eigenvalue weighted by Crippen LogP contribution is -2.19. The molecule has 1 atom stereocenters. The van der Waals surface area contributed by atoms with Crippen LogP contribution in [0.2, 0.25) is 0 Å². The first-order valence-electron chi connectivity index (χ1n) is 3.51. The van der Waals surface area contributed by atoms with Gasteiger partial charge in [0.1, 0.15) is 0 Å². The second-order valence-electron chi connectivity index (χ2n) is 2.66. The maximum atomic E-state index is 11.3. The minimum Gasteiger partial charge on any atom is -0.298 e. The molecule has 0 fully saturated rings. The van der Waals surface area contributed by atoms with E-state index in [9.17, 15) is 9.59 Å². The molecule has 1 unspecified atom stereocenters. The summed E-state index contributed by atoms with van der Waals surface area (Å²) in [5.74, 6) is 0. The second-order valence-corrected chi connectivity index (χ2v) is 3.18. The van der Waals surface area contributed by atoms with Crippen LogP contribution in [0.15, 0.2) is 10.9 Å². The van der Waals surface area contributed by atoms with Crippen LogP contribution in [-0.4, -0.2) is 10.6 Å². The van der Waals surface area contributed by atoms with Crippen LogP contribution in [0, 0.1) is 13.8 Å². The molecule has 1 rings (SSSR count). The van der Waals surface area contributed by atoms with E-state index < -0.39 is 0 Å². The Balaban J connectivity index is 3.60. The third-order valence-corrected chi connectivity index (χ3v) is 2.52. The summed E-state index contributed by atoms with van der Waals surface area (Å²) in [6.07, 6.45) is 0.579. The van der Waals surface area contributed by atoms with Gasteiger partial charge in [0.2, 0.25) is 0 Å². The highest BCUT2D eigenvalue weighted by molar-refractivity contribution is 7.14. The number of aryl methyl sites for hydroxylation is 1. The lowest BCUT2D eigenvalue weighted by Gasteiger charge is -2.06. The number of rotatable bonds is 1. The van der Waals surface area contributed by atoms with Gasteiger partial charge in [-0.15, -0.1) is 0 Å². The third-order valence-electron chi connectivity index (χ3n) is 1.90. The van der Waals surface area contributed by atoms with Crippen LogP contribution in [-0.2, 0) is 0 Å². The van der Waals surface area contributed by atoms with Gasteiger partial charge >= 0.3 is 0 Å². The fourth-order valence-corrected chi connectivity index (χ4v) is 1.32. The van der Waals surface area contributed by atoms with Crippen molar-refractivity contribution in [2.45, 2.75) is 13.8 Å². The predicted octanol–water partition coefficient (Wildman–Crippen LogP) is 0.916. The summed E-state index contributed by atoms with van der Waals surface area (Å²) in [6.45, 7) is 3.70. The number of aldehydes is 1. The van der Waals surface area contributed by atoms with E-state index in [2.05, 4.69) is 9.39 Å². The molecule has 0 saturated heterocycles. The summed E-state index contributed by atoms with van der Waals surface area (Å²) >= 11 is 0. The fraction of sp³-hybridized carbons (Fsp3) is 0.250. The van der Waals surface area contributed by atoms with E-state index in [0.29, 0.717) is 6.29 Å². The fourth-order valence-electron chi connectivity index (χ4n) is 0.965. The summed E-state index contributed by atoms with van der Waals surface area (Å²) in [4.78, 5) is 21.7. The number of carbonyl (C=O) groups excluding carboxylic acids is 1. The molecule has 0 aliphatic heterocycles. The van der Waals surface area contributed by atoms with Gasteiger partial charge in [-0.2, -0.15) is 0 Å². The first-order chi connectivity index (χ1) is 5.57. The smallest absolute Gasteiger partial charge is 0.264 e. The second kappa shape index (κ2) is 3.20. The molecule has 0 aliphatic rings. The maximum absolute atomic E-state index is 11.3. The van der Waals surface area contributed by atoms with Crippen molar-refractivity contribution < 1.29 is 4.79 Å². The van der Waals surface area contributed by atoms with E-state index in [1.54, 1.807) is 6.07 Å². The van der Waals surface area contributed by atoms with Gasteiger partial charge in [-0.3, -0.25) is 13.9 Å². The van der Waals surface area contributed by atoms with Gasteiger partial charge in [-0.1, -0.05) is 0 Å². The molecule has 0 bridgehead atoms. The van der Waals surface area contributed by atoms with Crippen LogP contribution >= 0.6 is 9.39 Å². The SMILES string of the molecule is Cc1cc(C=O)c(=O)n(P)c1C. The van der Waals surface area contributed by atoms with Gasteiger partial charge in [0, 0.05) is 5.69 Å². The van der Waals surface area contributed by atoms with Crippen LogP contribution in [0.3, 0.4) is 0 Å². The molecule has 4 heteroatoms. The Bertz CT molecular complexity index is 381. The van der Waals surface area contributed by atoms with E-state index >= 15 is 0 Å². The minimum absolute atomic E-state index is 0.202. The monoisotopic (exact) mass is 183 g/mol. The molecule has 3 nitrogen and oxygen atoms in total. The topological polar surface area (TPSA) is 39.1 Å². The van der Waals surface area contributed by atoms with Gasteiger partial charge in [-0.25, -0.2) is 0 Å². The number of pyridine rings is 1.